The van der Waals surface area contributed by atoms with Gasteiger partial charge in [-0.1, -0.05) is 77.5 Å². The number of aromatic nitrogens is 3. The van der Waals surface area contributed by atoms with E-state index in [1.165, 1.54) is 31.1 Å². The molecule has 42 heavy (non-hydrogen) atoms. The maximum Gasteiger partial charge on any atom is 2.00 e. The second-order valence-corrected chi connectivity index (χ2v) is 11.1. The molecule has 0 saturated heterocycles. The third kappa shape index (κ3) is 3.77. The van der Waals surface area contributed by atoms with E-state index in [1.807, 2.05) is 59.9 Å². The molecule has 4 heterocycles. The summed E-state index contributed by atoms with van der Waals surface area (Å²) in [5.74, 6) is 1.22. The Morgan fingerprint density at radius 1 is 0.667 bits per heavy atom. The molecule has 0 fully saturated rings. The van der Waals surface area contributed by atoms with Crippen LogP contribution >= 0.6 is 11.3 Å². The molecule has 5 aromatic carbocycles. The van der Waals surface area contributed by atoms with Crippen LogP contribution in [0.5, 0.6) is 11.5 Å². The average Bonchev–Trinajstić information content (AvgIpc) is 3.61. The molecule has 200 valence electrons. The molecule has 4 nitrogen and oxygen atoms in total. The Morgan fingerprint density at radius 3 is 2.43 bits per heavy atom. The summed E-state index contributed by atoms with van der Waals surface area (Å²) >= 11 is 1.83. The molecule has 9 rings (SSSR count). The number of fused-ring (bicyclic) bond motifs is 12. The van der Waals surface area contributed by atoms with Crippen molar-refractivity contribution in [1.29, 1.82) is 0 Å². The van der Waals surface area contributed by atoms with Crippen molar-refractivity contribution in [3.05, 3.63) is 128 Å². The summed E-state index contributed by atoms with van der Waals surface area (Å²) in [6.07, 6.45) is 1.78. The normalized spacial score (nSPS) is 11.6. The summed E-state index contributed by atoms with van der Waals surface area (Å²) in [7, 11) is 0. The topological polar surface area (TPSA) is 39.4 Å². The van der Waals surface area contributed by atoms with Gasteiger partial charge >= 0.3 is 20.4 Å². The summed E-state index contributed by atoms with van der Waals surface area (Å²) < 4.78 is 11.2. The van der Waals surface area contributed by atoms with Gasteiger partial charge < -0.3 is 14.1 Å². The van der Waals surface area contributed by atoms with Gasteiger partial charge in [0.25, 0.3) is 0 Å². The van der Waals surface area contributed by atoms with Crippen LogP contribution in [0.15, 0.2) is 115 Å². The zero-order valence-electron chi connectivity index (χ0n) is 21.9. The van der Waals surface area contributed by atoms with E-state index in [2.05, 4.69) is 82.2 Å². The first-order valence-electron chi connectivity index (χ1n) is 13.4. The Balaban J connectivity index is 0.00000267. The van der Waals surface area contributed by atoms with E-state index in [4.69, 9.17) is 9.72 Å². The predicted octanol–water partition coefficient (Wildman–Crippen LogP) is 9.61. The third-order valence-corrected chi connectivity index (χ3v) is 8.80. The van der Waals surface area contributed by atoms with Crippen LogP contribution in [0.3, 0.4) is 0 Å². The van der Waals surface area contributed by atoms with Crippen LogP contribution < -0.4 is 4.74 Å². The van der Waals surface area contributed by atoms with Crippen molar-refractivity contribution in [2.24, 2.45) is 0 Å². The zero-order chi connectivity index (χ0) is 26.9. The van der Waals surface area contributed by atoms with Gasteiger partial charge in [-0.2, -0.15) is 0 Å². The van der Waals surface area contributed by atoms with Crippen LogP contribution in [0.25, 0.3) is 69.8 Å². The van der Waals surface area contributed by atoms with E-state index < -0.39 is 0 Å². The second-order valence-electron chi connectivity index (χ2n) is 10.0. The molecule has 0 atom stereocenters. The fourth-order valence-corrected chi connectivity index (χ4v) is 7.01. The zero-order valence-corrected chi connectivity index (χ0v) is 24.3. The van der Waals surface area contributed by atoms with Crippen molar-refractivity contribution in [3.63, 3.8) is 0 Å². The van der Waals surface area contributed by atoms with Crippen LogP contribution in [0.2, 0.25) is 0 Å². The third-order valence-electron chi connectivity index (χ3n) is 7.66. The first kappa shape index (κ1) is 25.1. The van der Waals surface area contributed by atoms with Gasteiger partial charge in [-0.15, -0.1) is 41.2 Å². The molecule has 0 unspecified atom stereocenters. The molecule has 9 aromatic rings. The molecule has 0 spiro atoms. The Bertz CT molecular complexity index is 2460. The summed E-state index contributed by atoms with van der Waals surface area (Å²) in [5, 5.41) is 5.71. The van der Waals surface area contributed by atoms with Crippen LogP contribution in [0, 0.1) is 12.1 Å². The van der Waals surface area contributed by atoms with Crippen LogP contribution in [-0.2, 0) is 20.4 Å². The van der Waals surface area contributed by atoms with Crippen LogP contribution in [0.1, 0.15) is 0 Å². The van der Waals surface area contributed by atoms with Gasteiger partial charge in [-0.25, -0.2) is 0 Å². The fourth-order valence-electron chi connectivity index (χ4n) is 5.90. The van der Waals surface area contributed by atoms with E-state index >= 15 is 0 Å². The average molecular weight is 648 g/mol. The number of rotatable bonds is 3. The number of nitrogens with zero attached hydrogens (tertiary/aromatic N) is 3. The molecular formula is C36H19N3OPdS. The quantitative estimate of drug-likeness (QED) is 0.109. The van der Waals surface area contributed by atoms with Gasteiger partial charge in [-0.3, -0.25) is 4.98 Å². The van der Waals surface area contributed by atoms with Crippen molar-refractivity contribution in [1.82, 2.24) is 14.4 Å². The molecule has 0 aliphatic carbocycles. The van der Waals surface area contributed by atoms with Crippen molar-refractivity contribution in [2.75, 3.05) is 0 Å². The van der Waals surface area contributed by atoms with Crippen LogP contribution in [0.4, 0.5) is 0 Å². The predicted molar refractivity (Wildman–Crippen MR) is 168 cm³/mol. The standard InChI is InChI=1S/C36H19N3OS.Pd/c1-4-14-32-27(10-1)34-33(41-32)18-17-26-25-16-15-24(40-23-9-7-8-22(20-23)29-11-5-6-19-37-29)21-28(25)36-38-30-12-2-3-13-31(30)39(36)35(26)34;/h1-19H;/q-2;+2. The monoisotopic (exact) mass is 647 g/mol. The molecule has 0 radical (unpaired) electrons. The van der Waals surface area contributed by atoms with Gasteiger partial charge in [-0.05, 0) is 41.4 Å². The number of para-hydroxylation sites is 2. The van der Waals surface area contributed by atoms with Crippen molar-refractivity contribution >= 4 is 69.9 Å². The number of imidazole rings is 1. The minimum absolute atomic E-state index is 0. The molecule has 0 aliphatic rings. The summed E-state index contributed by atoms with van der Waals surface area (Å²) in [5.41, 5.74) is 5.80. The first-order valence-corrected chi connectivity index (χ1v) is 14.2. The smallest absolute Gasteiger partial charge is 0.497 e. The molecule has 0 amide bonds. The van der Waals surface area contributed by atoms with E-state index in [1.54, 1.807) is 6.20 Å². The van der Waals surface area contributed by atoms with Gasteiger partial charge in [0.05, 0.1) is 16.7 Å². The molecule has 0 aliphatic heterocycles. The largest absolute Gasteiger partial charge is 2.00 e. The van der Waals surface area contributed by atoms with Gasteiger partial charge in [0, 0.05) is 43.4 Å². The van der Waals surface area contributed by atoms with E-state index in [0.29, 0.717) is 11.5 Å². The van der Waals surface area contributed by atoms with Gasteiger partial charge in [0.1, 0.15) is 0 Å². The van der Waals surface area contributed by atoms with E-state index in [9.17, 15) is 0 Å². The van der Waals surface area contributed by atoms with Gasteiger partial charge in [0.2, 0.25) is 0 Å². The minimum Gasteiger partial charge on any atom is -0.497 e. The summed E-state index contributed by atoms with van der Waals surface area (Å²) in [4.78, 5) is 9.58. The number of thiophene rings is 1. The fraction of sp³-hybridized carbons (Fsp3) is 0. The first-order chi connectivity index (χ1) is 20.3. The van der Waals surface area contributed by atoms with E-state index in [-0.39, 0.29) is 20.4 Å². The molecule has 6 heteroatoms. The summed E-state index contributed by atoms with van der Waals surface area (Å²) in [6, 6.07) is 44.2. The number of ether oxygens (including phenoxy) is 1. The molecule has 0 N–H and O–H groups in total. The Morgan fingerprint density at radius 2 is 1.50 bits per heavy atom. The molecular weight excluding hydrogens is 629 g/mol. The van der Waals surface area contributed by atoms with Crippen LogP contribution in [-0.4, -0.2) is 14.4 Å². The number of hydrogen-bond acceptors (Lipinski definition) is 4. The minimum atomic E-state index is 0. The Labute approximate surface area is 258 Å². The van der Waals surface area contributed by atoms with Crippen molar-refractivity contribution in [2.45, 2.75) is 0 Å². The maximum atomic E-state index is 6.32. The number of benzene rings is 5. The maximum absolute atomic E-state index is 6.32. The van der Waals surface area contributed by atoms with E-state index in [0.717, 1.165) is 38.7 Å². The molecule has 0 saturated carbocycles. The number of pyridine rings is 2. The Kier molecular flexibility index (Phi) is 5.84. The van der Waals surface area contributed by atoms with Crippen molar-refractivity contribution < 1.29 is 25.2 Å². The molecule has 4 aromatic heterocycles. The summed E-state index contributed by atoms with van der Waals surface area (Å²) in [6.45, 7) is 0. The Hall–Kier alpha value is -4.60. The van der Waals surface area contributed by atoms with Crippen molar-refractivity contribution in [3.8, 4) is 22.8 Å². The second kappa shape index (κ2) is 9.75. The molecule has 0 bridgehead atoms. The van der Waals surface area contributed by atoms with Gasteiger partial charge in [0.15, 0.2) is 0 Å². The number of hydrogen-bond donors (Lipinski definition) is 0. The SMILES string of the molecule is [Pd+2].[c-]1c(Oc2[c-]c3c(cc2)c2ccc4sc5ccccc5c4c2n2c4ccccc4nc32)cccc1-c1ccccn1.